The molecule has 1 aromatic carbocycles. The van der Waals surface area contributed by atoms with Crippen LogP contribution < -0.4 is 0 Å². The Labute approximate surface area is 110 Å². The summed E-state index contributed by atoms with van der Waals surface area (Å²) < 4.78 is 0. The zero-order valence-electron chi connectivity index (χ0n) is 11.4. The lowest BCUT2D eigenvalue weighted by molar-refractivity contribution is -0.113. The van der Waals surface area contributed by atoms with Crippen molar-refractivity contribution in [2.24, 2.45) is 0 Å². The quantitative estimate of drug-likeness (QED) is 0.552. The highest BCUT2D eigenvalue weighted by Crippen LogP contribution is 2.21. The molecular formula is C17H20O. The molecule has 94 valence electrons. The van der Waals surface area contributed by atoms with Crippen LogP contribution in [0.4, 0.5) is 0 Å². The molecule has 0 aliphatic rings. The SMILES string of the molecule is C=C/C(=C\C=C(/C)C(C)=O)c1ccccc1CC. The van der Waals surface area contributed by atoms with Crippen LogP contribution in [0.3, 0.4) is 0 Å². The number of Topliss-reactive ketones (excluding diaryl/α,β-unsaturated/α-hetero) is 1. The molecule has 0 saturated heterocycles. The zero-order valence-corrected chi connectivity index (χ0v) is 11.4. The number of carbonyl (C=O) groups is 1. The summed E-state index contributed by atoms with van der Waals surface area (Å²) in [5, 5.41) is 0. The number of aryl methyl sites for hydroxylation is 1. The predicted octanol–water partition coefficient (Wildman–Crippen LogP) is 4.35. The summed E-state index contributed by atoms with van der Waals surface area (Å²) in [6.07, 6.45) is 6.62. The van der Waals surface area contributed by atoms with Gasteiger partial charge >= 0.3 is 0 Å². The maximum Gasteiger partial charge on any atom is 0.155 e. The van der Waals surface area contributed by atoms with E-state index in [0.717, 1.165) is 17.6 Å². The molecule has 1 aromatic rings. The molecule has 0 heterocycles. The Hall–Kier alpha value is -1.89. The topological polar surface area (TPSA) is 17.1 Å². The molecule has 18 heavy (non-hydrogen) atoms. The summed E-state index contributed by atoms with van der Waals surface area (Å²) in [7, 11) is 0. The molecule has 0 radical (unpaired) electrons. The molecule has 0 unspecified atom stereocenters. The second-order valence-electron chi connectivity index (χ2n) is 4.24. The molecular weight excluding hydrogens is 220 g/mol. The van der Waals surface area contributed by atoms with Crippen molar-refractivity contribution in [3.05, 3.63) is 65.8 Å². The minimum absolute atomic E-state index is 0.0958. The third-order valence-corrected chi connectivity index (χ3v) is 3.00. The molecule has 0 aliphatic carbocycles. The van der Waals surface area contributed by atoms with Crippen molar-refractivity contribution in [2.75, 3.05) is 0 Å². The number of benzene rings is 1. The highest BCUT2D eigenvalue weighted by Gasteiger charge is 2.02. The van der Waals surface area contributed by atoms with Gasteiger partial charge in [0.2, 0.25) is 0 Å². The second kappa shape index (κ2) is 6.75. The number of hydrogen-bond acceptors (Lipinski definition) is 1. The minimum Gasteiger partial charge on any atom is -0.295 e. The molecule has 1 nitrogen and oxygen atoms in total. The van der Waals surface area contributed by atoms with Crippen LogP contribution in [0.2, 0.25) is 0 Å². The van der Waals surface area contributed by atoms with E-state index in [1.165, 1.54) is 11.1 Å². The number of carbonyl (C=O) groups excluding carboxylic acids is 1. The monoisotopic (exact) mass is 240 g/mol. The van der Waals surface area contributed by atoms with Crippen molar-refractivity contribution in [3.63, 3.8) is 0 Å². The van der Waals surface area contributed by atoms with E-state index < -0.39 is 0 Å². The molecule has 0 bridgehead atoms. The summed E-state index contributed by atoms with van der Waals surface area (Å²) in [5.41, 5.74) is 4.27. The molecule has 0 amide bonds. The van der Waals surface area contributed by atoms with Gasteiger partial charge in [-0.1, -0.05) is 56.0 Å². The number of rotatable bonds is 5. The van der Waals surface area contributed by atoms with Crippen LogP contribution >= 0.6 is 0 Å². The van der Waals surface area contributed by atoms with Gasteiger partial charge in [-0.25, -0.2) is 0 Å². The first kappa shape index (κ1) is 14.2. The van der Waals surface area contributed by atoms with Crippen LogP contribution in [0.15, 0.2) is 54.6 Å². The fraction of sp³-hybridized carbons (Fsp3) is 0.235. The fourth-order valence-corrected chi connectivity index (χ4v) is 1.71. The maximum atomic E-state index is 11.2. The lowest BCUT2D eigenvalue weighted by atomic mass is 9.97. The Kier molecular flexibility index (Phi) is 5.31. The molecule has 0 aromatic heterocycles. The molecule has 0 saturated carbocycles. The number of hydrogen-bond donors (Lipinski definition) is 0. The third kappa shape index (κ3) is 3.56. The third-order valence-electron chi connectivity index (χ3n) is 3.00. The maximum absolute atomic E-state index is 11.2. The van der Waals surface area contributed by atoms with E-state index in [4.69, 9.17) is 0 Å². The van der Waals surface area contributed by atoms with E-state index in [1.54, 1.807) is 6.92 Å². The first-order valence-corrected chi connectivity index (χ1v) is 6.20. The molecule has 0 aliphatic heterocycles. The highest BCUT2D eigenvalue weighted by molar-refractivity contribution is 5.93. The Morgan fingerprint density at radius 2 is 1.89 bits per heavy atom. The van der Waals surface area contributed by atoms with Crippen molar-refractivity contribution >= 4 is 11.4 Å². The van der Waals surface area contributed by atoms with E-state index in [2.05, 4.69) is 25.6 Å². The Morgan fingerprint density at radius 1 is 1.22 bits per heavy atom. The number of allylic oxidation sites excluding steroid dienone is 5. The van der Waals surface area contributed by atoms with Crippen molar-refractivity contribution in [1.82, 2.24) is 0 Å². The summed E-state index contributed by atoms with van der Waals surface area (Å²) in [6, 6.07) is 8.27. The van der Waals surface area contributed by atoms with Crippen LogP contribution in [0.5, 0.6) is 0 Å². The van der Waals surface area contributed by atoms with Crippen LogP contribution in [0, 0.1) is 0 Å². The lowest BCUT2D eigenvalue weighted by Crippen LogP contribution is -1.92. The largest absolute Gasteiger partial charge is 0.295 e. The zero-order chi connectivity index (χ0) is 13.5. The van der Waals surface area contributed by atoms with E-state index in [1.807, 2.05) is 37.3 Å². The second-order valence-corrected chi connectivity index (χ2v) is 4.24. The molecule has 0 spiro atoms. The smallest absolute Gasteiger partial charge is 0.155 e. The Balaban J connectivity index is 3.18. The summed E-state index contributed by atoms with van der Waals surface area (Å²) >= 11 is 0. The van der Waals surface area contributed by atoms with Gasteiger partial charge < -0.3 is 0 Å². The van der Waals surface area contributed by atoms with Gasteiger partial charge in [0.15, 0.2) is 5.78 Å². The first-order chi connectivity index (χ1) is 8.60. The highest BCUT2D eigenvalue weighted by atomic mass is 16.1. The minimum atomic E-state index is 0.0958. The van der Waals surface area contributed by atoms with Crippen molar-refractivity contribution < 1.29 is 4.79 Å². The average molecular weight is 240 g/mol. The summed E-state index contributed by atoms with van der Waals surface area (Å²) in [6.45, 7) is 9.39. The molecule has 0 fully saturated rings. The fourth-order valence-electron chi connectivity index (χ4n) is 1.71. The van der Waals surface area contributed by atoms with Gasteiger partial charge in [0.05, 0.1) is 0 Å². The van der Waals surface area contributed by atoms with Gasteiger partial charge in [-0.15, -0.1) is 0 Å². The van der Waals surface area contributed by atoms with Crippen molar-refractivity contribution in [2.45, 2.75) is 27.2 Å². The average Bonchev–Trinajstić information content (AvgIpc) is 2.39. The van der Waals surface area contributed by atoms with Gasteiger partial charge in [0.1, 0.15) is 0 Å². The van der Waals surface area contributed by atoms with Gasteiger partial charge in [-0.05, 0) is 42.5 Å². The van der Waals surface area contributed by atoms with Crippen LogP contribution in [-0.2, 0) is 11.2 Å². The van der Waals surface area contributed by atoms with Gasteiger partial charge in [-0.3, -0.25) is 4.79 Å². The van der Waals surface area contributed by atoms with Crippen LogP contribution in [0.25, 0.3) is 5.57 Å². The normalized spacial score (nSPS) is 12.4. The van der Waals surface area contributed by atoms with E-state index in [0.29, 0.717) is 0 Å². The van der Waals surface area contributed by atoms with Gasteiger partial charge in [0, 0.05) is 0 Å². The molecule has 0 atom stereocenters. The lowest BCUT2D eigenvalue weighted by Gasteiger charge is -2.08. The molecule has 0 N–H and O–H groups in total. The van der Waals surface area contributed by atoms with E-state index in [-0.39, 0.29) is 5.78 Å². The van der Waals surface area contributed by atoms with Gasteiger partial charge in [0.25, 0.3) is 0 Å². The predicted molar refractivity (Wildman–Crippen MR) is 78.4 cm³/mol. The van der Waals surface area contributed by atoms with E-state index in [9.17, 15) is 4.79 Å². The molecule has 1 rings (SSSR count). The Morgan fingerprint density at radius 3 is 2.44 bits per heavy atom. The number of ketones is 1. The summed E-state index contributed by atoms with van der Waals surface area (Å²) in [4.78, 5) is 11.2. The Bertz CT molecular complexity index is 504. The standard InChI is InChI=1S/C17H20O/c1-5-15-9-7-8-10-17(15)16(6-2)12-11-13(3)14(4)18/h6-12H,2,5H2,1,3-4H3/b13-11+,16-12+. The van der Waals surface area contributed by atoms with Gasteiger partial charge in [-0.2, -0.15) is 0 Å². The van der Waals surface area contributed by atoms with Crippen molar-refractivity contribution in [1.29, 1.82) is 0 Å². The van der Waals surface area contributed by atoms with Crippen LogP contribution in [-0.4, -0.2) is 5.78 Å². The summed E-state index contributed by atoms with van der Waals surface area (Å²) in [5.74, 6) is 0.0958. The van der Waals surface area contributed by atoms with E-state index >= 15 is 0 Å². The first-order valence-electron chi connectivity index (χ1n) is 6.20. The van der Waals surface area contributed by atoms with Crippen molar-refractivity contribution in [3.8, 4) is 0 Å². The molecule has 1 heteroatoms. The van der Waals surface area contributed by atoms with Crippen LogP contribution in [0.1, 0.15) is 31.9 Å².